The summed E-state index contributed by atoms with van der Waals surface area (Å²) in [4.78, 5) is 14.0. The summed E-state index contributed by atoms with van der Waals surface area (Å²) in [5.41, 5.74) is 2.67. The van der Waals surface area contributed by atoms with Crippen LogP contribution in [0, 0.1) is 5.82 Å². The molecule has 1 heterocycles. The van der Waals surface area contributed by atoms with Crippen LogP contribution in [0.15, 0.2) is 54.7 Å². The molecule has 1 amide bonds. The van der Waals surface area contributed by atoms with Crippen molar-refractivity contribution in [3.63, 3.8) is 0 Å². The maximum absolute atomic E-state index is 13.3. The highest BCUT2D eigenvalue weighted by molar-refractivity contribution is 5.94. The fraction of sp³-hybridized carbons (Fsp3) is 0.167. The van der Waals surface area contributed by atoms with Crippen molar-refractivity contribution in [2.45, 2.75) is 6.54 Å². The van der Waals surface area contributed by atoms with E-state index < -0.39 is 0 Å². The molecule has 0 saturated heterocycles. The Morgan fingerprint density at radius 2 is 2.00 bits per heavy atom. The molecule has 4 heteroatoms. The molecule has 22 heavy (non-hydrogen) atoms. The quantitative estimate of drug-likeness (QED) is 0.940. The third-order valence-electron chi connectivity index (χ3n) is 3.66. The first-order chi connectivity index (χ1) is 10.7. The van der Waals surface area contributed by atoms with Gasteiger partial charge in [0.1, 0.15) is 5.82 Å². The number of hydrogen-bond acceptors (Lipinski definition) is 2. The Labute approximate surface area is 129 Å². The van der Waals surface area contributed by atoms with Crippen LogP contribution in [0.3, 0.4) is 0 Å². The molecular weight excluding hydrogens is 279 g/mol. The highest BCUT2D eigenvalue weighted by atomic mass is 19.1. The number of nitrogens with one attached hydrogen (secondary N) is 1. The zero-order valence-corrected chi connectivity index (χ0v) is 12.1. The van der Waals surface area contributed by atoms with Crippen LogP contribution < -0.4 is 5.32 Å². The SMILES string of the molecule is O=C(NCCN1C=Cc2ccc(F)cc2C1)c1ccccc1. The fourth-order valence-corrected chi connectivity index (χ4v) is 2.49. The maximum atomic E-state index is 13.3. The summed E-state index contributed by atoms with van der Waals surface area (Å²) < 4.78 is 13.3. The summed E-state index contributed by atoms with van der Waals surface area (Å²) in [7, 11) is 0. The summed E-state index contributed by atoms with van der Waals surface area (Å²) >= 11 is 0. The van der Waals surface area contributed by atoms with E-state index in [1.807, 2.05) is 30.5 Å². The predicted octanol–water partition coefficient (Wildman–Crippen LogP) is 3.04. The zero-order valence-electron chi connectivity index (χ0n) is 12.1. The van der Waals surface area contributed by atoms with Gasteiger partial charge in [0, 0.05) is 31.4 Å². The van der Waals surface area contributed by atoms with Crippen molar-refractivity contribution in [1.82, 2.24) is 10.2 Å². The first-order valence-corrected chi connectivity index (χ1v) is 7.26. The van der Waals surface area contributed by atoms with Gasteiger partial charge in [-0.15, -0.1) is 0 Å². The van der Waals surface area contributed by atoms with Crippen molar-refractivity contribution in [1.29, 1.82) is 0 Å². The average Bonchev–Trinajstić information content (AvgIpc) is 2.55. The molecule has 1 aliphatic heterocycles. The maximum Gasteiger partial charge on any atom is 0.251 e. The van der Waals surface area contributed by atoms with Crippen LogP contribution in [-0.2, 0) is 6.54 Å². The first kappa shape index (κ1) is 14.3. The molecule has 1 aliphatic rings. The number of benzene rings is 2. The van der Waals surface area contributed by atoms with E-state index in [9.17, 15) is 9.18 Å². The second-order valence-corrected chi connectivity index (χ2v) is 5.25. The molecule has 112 valence electrons. The number of hydrogen-bond donors (Lipinski definition) is 1. The summed E-state index contributed by atoms with van der Waals surface area (Å²) in [6, 6.07) is 14.0. The molecule has 0 fully saturated rings. The molecule has 0 aromatic heterocycles. The van der Waals surface area contributed by atoms with Gasteiger partial charge >= 0.3 is 0 Å². The number of carbonyl (C=O) groups excluding carboxylic acids is 1. The van der Waals surface area contributed by atoms with E-state index in [2.05, 4.69) is 10.2 Å². The molecule has 3 rings (SSSR count). The average molecular weight is 296 g/mol. The molecule has 0 spiro atoms. The first-order valence-electron chi connectivity index (χ1n) is 7.26. The number of rotatable bonds is 4. The Morgan fingerprint density at radius 1 is 1.18 bits per heavy atom. The molecular formula is C18H17FN2O. The van der Waals surface area contributed by atoms with Crippen molar-refractivity contribution >= 4 is 12.0 Å². The second kappa shape index (κ2) is 6.43. The number of nitrogens with zero attached hydrogens (tertiary/aromatic N) is 1. The number of fused-ring (bicyclic) bond motifs is 1. The monoisotopic (exact) mass is 296 g/mol. The Balaban J connectivity index is 1.52. The highest BCUT2D eigenvalue weighted by Gasteiger charge is 2.11. The lowest BCUT2D eigenvalue weighted by Gasteiger charge is -2.25. The fourth-order valence-electron chi connectivity index (χ4n) is 2.49. The Bertz CT molecular complexity index is 697. The Hall–Kier alpha value is -2.62. The van der Waals surface area contributed by atoms with E-state index in [4.69, 9.17) is 0 Å². The van der Waals surface area contributed by atoms with Crippen LogP contribution in [0.1, 0.15) is 21.5 Å². The van der Waals surface area contributed by atoms with Gasteiger partial charge in [0.15, 0.2) is 0 Å². The minimum absolute atomic E-state index is 0.0759. The molecule has 0 bridgehead atoms. The van der Waals surface area contributed by atoms with Gasteiger partial charge in [0.2, 0.25) is 0 Å². The molecule has 0 saturated carbocycles. The minimum Gasteiger partial charge on any atom is -0.371 e. The van der Waals surface area contributed by atoms with Gasteiger partial charge in [0.05, 0.1) is 0 Å². The van der Waals surface area contributed by atoms with Gasteiger partial charge < -0.3 is 10.2 Å². The summed E-state index contributed by atoms with van der Waals surface area (Å²) in [6.45, 7) is 1.89. The second-order valence-electron chi connectivity index (χ2n) is 5.25. The highest BCUT2D eigenvalue weighted by Crippen LogP contribution is 2.20. The van der Waals surface area contributed by atoms with Gasteiger partial charge in [-0.3, -0.25) is 4.79 Å². The largest absolute Gasteiger partial charge is 0.371 e. The van der Waals surface area contributed by atoms with Gasteiger partial charge in [-0.1, -0.05) is 24.3 Å². The molecule has 2 aromatic carbocycles. The molecule has 1 N–H and O–H groups in total. The van der Waals surface area contributed by atoms with Crippen LogP contribution in [0.25, 0.3) is 6.08 Å². The van der Waals surface area contributed by atoms with Crippen molar-refractivity contribution in [2.75, 3.05) is 13.1 Å². The Kier molecular flexibility index (Phi) is 4.19. The third kappa shape index (κ3) is 3.34. The summed E-state index contributed by atoms with van der Waals surface area (Å²) in [5.74, 6) is -0.292. The van der Waals surface area contributed by atoms with Gasteiger partial charge in [-0.2, -0.15) is 0 Å². The van der Waals surface area contributed by atoms with E-state index >= 15 is 0 Å². The van der Waals surface area contributed by atoms with E-state index in [1.165, 1.54) is 6.07 Å². The smallest absolute Gasteiger partial charge is 0.251 e. The molecule has 0 radical (unpaired) electrons. The standard InChI is InChI=1S/C18H17FN2O/c19-17-7-6-14-8-10-21(13-16(14)12-17)11-9-20-18(22)15-4-2-1-3-5-15/h1-8,10,12H,9,11,13H2,(H,20,22). The van der Waals surface area contributed by atoms with Crippen molar-refractivity contribution in [2.24, 2.45) is 0 Å². The number of carbonyl (C=O) groups is 1. The van der Waals surface area contributed by atoms with Crippen LogP contribution in [0.2, 0.25) is 0 Å². The minimum atomic E-state index is -0.216. The lowest BCUT2D eigenvalue weighted by atomic mass is 10.0. The molecule has 0 atom stereocenters. The zero-order chi connectivity index (χ0) is 15.4. The lowest BCUT2D eigenvalue weighted by molar-refractivity contribution is 0.0950. The third-order valence-corrected chi connectivity index (χ3v) is 3.66. The summed E-state index contributed by atoms with van der Waals surface area (Å²) in [6.07, 6.45) is 3.95. The Morgan fingerprint density at radius 3 is 2.82 bits per heavy atom. The lowest BCUT2D eigenvalue weighted by Crippen LogP contribution is -2.33. The van der Waals surface area contributed by atoms with Crippen molar-refractivity contribution in [3.05, 3.63) is 77.2 Å². The van der Waals surface area contributed by atoms with Crippen LogP contribution in [0.5, 0.6) is 0 Å². The number of amides is 1. The molecule has 2 aromatic rings. The van der Waals surface area contributed by atoms with Crippen LogP contribution >= 0.6 is 0 Å². The van der Waals surface area contributed by atoms with E-state index in [0.29, 0.717) is 25.2 Å². The predicted molar refractivity (Wildman–Crippen MR) is 84.6 cm³/mol. The van der Waals surface area contributed by atoms with E-state index in [0.717, 1.165) is 11.1 Å². The summed E-state index contributed by atoms with van der Waals surface area (Å²) in [5, 5.41) is 2.89. The van der Waals surface area contributed by atoms with Gasteiger partial charge in [-0.25, -0.2) is 4.39 Å². The van der Waals surface area contributed by atoms with E-state index in [-0.39, 0.29) is 11.7 Å². The van der Waals surface area contributed by atoms with E-state index in [1.54, 1.807) is 24.3 Å². The molecule has 0 unspecified atom stereocenters. The number of halogens is 1. The van der Waals surface area contributed by atoms with Crippen molar-refractivity contribution in [3.8, 4) is 0 Å². The van der Waals surface area contributed by atoms with Crippen LogP contribution in [0.4, 0.5) is 4.39 Å². The molecule has 3 nitrogen and oxygen atoms in total. The molecule has 0 aliphatic carbocycles. The van der Waals surface area contributed by atoms with Crippen LogP contribution in [-0.4, -0.2) is 23.9 Å². The normalized spacial score (nSPS) is 12.9. The van der Waals surface area contributed by atoms with Gasteiger partial charge in [0.25, 0.3) is 5.91 Å². The van der Waals surface area contributed by atoms with Gasteiger partial charge in [-0.05, 0) is 41.5 Å². The van der Waals surface area contributed by atoms with Crippen molar-refractivity contribution < 1.29 is 9.18 Å². The topological polar surface area (TPSA) is 32.3 Å².